The van der Waals surface area contributed by atoms with Gasteiger partial charge in [-0.3, -0.25) is 5.10 Å². The standard InChI is InChI=1S/C11H7Cl2N5/c12-8-5-14-11(13)17-10(8)16-7-2-1-6-4-15-18-9(6)3-7/h1-5H,(H,15,18)(H,14,16,17). The van der Waals surface area contributed by atoms with E-state index in [1.54, 1.807) is 6.20 Å². The SMILES string of the molecule is Clc1ncc(Cl)c(Nc2ccc3cn[nH]c3c2)n1. The van der Waals surface area contributed by atoms with Gasteiger partial charge in [0, 0.05) is 11.1 Å². The van der Waals surface area contributed by atoms with Gasteiger partial charge in [0.25, 0.3) is 0 Å². The van der Waals surface area contributed by atoms with E-state index in [9.17, 15) is 0 Å². The van der Waals surface area contributed by atoms with Gasteiger partial charge in [-0.15, -0.1) is 0 Å². The van der Waals surface area contributed by atoms with Gasteiger partial charge in [-0.1, -0.05) is 11.6 Å². The van der Waals surface area contributed by atoms with Crippen LogP contribution in [0.15, 0.2) is 30.6 Å². The number of H-pyrrole nitrogens is 1. The van der Waals surface area contributed by atoms with Gasteiger partial charge in [0.2, 0.25) is 5.28 Å². The fourth-order valence-electron chi connectivity index (χ4n) is 1.58. The third-order valence-corrected chi connectivity index (χ3v) is 2.88. The van der Waals surface area contributed by atoms with Crippen LogP contribution in [0.2, 0.25) is 10.3 Å². The number of aromatic amines is 1. The Balaban J connectivity index is 1.97. The quantitative estimate of drug-likeness (QED) is 0.706. The van der Waals surface area contributed by atoms with E-state index in [4.69, 9.17) is 23.2 Å². The van der Waals surface area contributed by atoms with Gasteiger partial charge in [0.1, 0.15) is 5.02 Å². The van der Waals surface area contributed by atoms with Crippen LogP contribution in [0.4, 0.5) is 11.5 Å². The molecule has 0 radical (unpaired) electrons. The van der Waals surface area contributed by atoms with Crippen LogP contribution in [-0.2, 0) is 0 Å². The Hall–Kier alpha value is -1.85. The molecule has 18 heavy (non-hydrogen) atoms. The number of nitrogens with one attached hydrogen (secondary N) is 2. The number of benzene rings is 1. The topological polar surface area (TPSA) is 66.5 Å². The summed E-state index contributed by atoms with van der Waals surface area (Å²) in [4.78, 5) is 7.81. The number of rotatable bonds is 2. The predicted molar refractivity (Wildman–Crippen MR) is 71.4 cm³/mol. The zero-order valence-corrected chi connectivity index (χ0v) is 10.5. The average Bonchev–Trinajstić information content (AvgIpc) is 2.81. The van der Waals surface area contributed by atoms with Gasteiger partial charge in [-0.05, 0) is 29.8 Å². The van der Waals surface area contributed by atoms with E-state index >= 15 is 0 Å². The zero-order chi connectivity index (χ0) is 12.5. The first-order chi connectivity index (χ1) is 8.72. The summed E-state index contributed by atoms with van der Waals surface area (Å²) in [6.45, 7) is 0. The molecule has 0 atom stereocenters. The molecule has 3 rings (SSSR count). The Bertz CT molecular complexity index is 709. The lowest BCUT2D eigenvalue weighted by Crippen LogP contribution is -1.96. The van der Waals surface area contributed by atoms with Crippen LogP contribution in [0.25, 0.3) is 10.9 Å². The molecule has 2 aromatic heterocycles. The van der Waals surface area contributed by atoms with Crippen LogP contribution >= 0.6 is 23.2 Å². The molecule has 0 amide bonds. The lowest BCUT2D eigenvalue weighted by molar-refractivity contribution is 1.12. The minimum atomic E-state index is 0.143. The van der Waals surface area contributed by atoms with E-state index in [0.717, 1.165) is 16.6 Å². The largest absolute Gasteiger partial charge is 0.339 e. The Morgan fingerprint density at radius 3 is 2.94 bits per heavy atom. The molecule has 0 bridgehead atoms. The molecule has 0 saturated heterocycles. The van der Waals surface area contributed by atoms with E-state index in [2.05, 4.69) is 25.5 Å². The summed E-state index contributed by atoms with van der Waals surface area (Å²) < 4.78 is 0. The molecular weight excluding hydrogens is 273 g/mol. The minimum absolute atomic E-state index is 0.143. The first-order valence-corrected chi connectivity index (χ1v) is 5.86. The van der Waals surface area contributed by atoms with Crippen molar-refractivity contribution in [2.45, 2.75) is 0 Å². The molecule has 0 aliphatic heterocycles. The summed E-state index contributed by atoms with van der Waals surface area (Å²) in [7, 11) is 0. The summed E-state index contributed by atoms with van der Waals surface area (Å²) in [5.41, 5.74) is 1.76. The molecule has 0 spiro atoms. The monoisotopic (exact) mass is 279 g/mol. The first kappa shape index (κ1) is 11.3. The highest BCUT2D eigenvalue weighted by Gasteiger charge is 2.05. The van der Waals surface area contributed by atoms with Gasteiger partial charge in [-0.25, -0.2) is 4.98 Å². The first-order valence-electron chi connectivity index (χ1n) is 5.10. The molecule has 0 fully saturated rings. The Morgan fingerprint density at radius 1 is 1.17 bits per heavy atom. The number of nitrogens with zero attached hydrogens (tertiary/aromatic N) is 3. The van der Waals surface area contributed by atoms with E-state index in [0.29, 0.717) is 10.8 Å². The fourth-order valence-corrected chi connectivity index (χ4v) is 1.86. The van der Waals surface area contributed by atoms with Crippen molar-refractivity contribution in [1.29, 1.82) is 0 Å². The molecule has 7 heteroatoms. The average molecular weight is 280 g/mol. The molecule has 0 saturated carbocycles. The Labute approximate surface area is 112 Å². The molecule has 0 aliphatic rings. The van der Waals surface area contributed by atoms with Gasteiger partial charge >= 0.3 is 0 Å². The summed E-state index contributed by atoms with van der Waals surface area (Å²) in [5.74, 6) is 0.468. The Morgan fingerprint density at radius 2 is 2.06 bits per heavy atom. The summed E-state index contributed by atoms with van der Waals surface area (Å²) in [5, 5.41) is 11.5. The number of hydrogen-bond donors (Lipinski definition) is 2. The van der Waals surface area contributed by atoms with Crippen molar-refractivity contribution < 1.29 is 0 Å². The third-order valence-electron chi connectivity index (χ3n) is 2.42. The van der Waals surface area contributed by atoms with Crippen molar-refractivity contribution >= 4 is 45.6 Å². The summed E-state index contributed by atoms with van der Waals surface area (Å²) in [6.07, 6.45) is 3.21. The van der Waals surface area contributed by atoms with Crippen LogP contribution in [0.1, 0.15) is 0 Å². The molecule has 90 valence electrons. The number of anilines is 2. The number of halogens is 2. The van der Waals surface area contributed by atoms with Crippen molar-refractivity contribution in [2.75, 3.05) is 5.32 Å². The predicted octanol–water partition coefficient (Wildman–Crippen LogP) is 3.40. The van der Waals surface area contributed by atoms with Crippen LogP contribution in [0.3, 0.4) is 0 Å². The zero-order valence-electron chi connectivity index (χ0n) is 8.98. The van der Waals surface area contributed by atoms with Gasteiger partial charge in [0.15, 0.2) is 5.82 Å². The van der Waals surface area contributed by atoms with E-state index in [1.165, 1.54) is 6.20 Å². The van der Waals surface area contributed by atoms with Crippen LogP contribution in [0, 0.1) is 0 Å². The summed E-state index contributed by atoms with van der Waals surface area (Å²) in [6, 6.07) is 5.76. The Kier molecular flexibility index (Phi) is 2.77. The van der Waals surface area contributed by atoms with E-state index in [1.807, 2.05) is 18.2 Å². The highest BCUT2D eigenvalue weighted by Crippen LogP contribution is 2.25. The van der Waals surface area contributed by atoms with Crippen molar-refractivity contribution in [3.63, 3.8) is 0 Å². The van der Waals surface area contributed by atoms with Crippen molar-refractivity contribution in [1.82, 2.24) is 20.2 Å². The van der Waals surface area contributed by atoms with Crippen LogP contribution in [-0.4, -0.2) is 20.2 Å². The maximum Gasteiger partial charge on any atom is 0.224 e. The number of hydrogen-bond acceptors (Lipinski definition) is 4. The highest BCUT2D eigenvalue weighted by atomic mass is 35.5. The second kappa shape index (κ2) is 4.44. The van der Waals surface area contributed by atoms with Gasteiger partial charge in [0.05, 0.1) is 17.9 Å². The second-order valence-corrected chi connectivity index (χ2v) is 4.38. The molecule has 0 unspecified atom stereocenters. The number of fused-ring (bicyclic) bond motifs is 1. The molecule has 2 heterocycles. The van der Waals surface area contributed by atoms with Gasteiger partial charge in [-0.2, -0.15) is 10.1 Å². The van der Waals surface area contributed by atoms with E-state index in [-0.39, 0.29) is 5.28 Å². The van der Waals surface area contributed by atoms with Crippen molar-refractivity contribution in [3.05, 3.63) is 40.9 Å². The van der Waals surface area contributed by atoms with Crippen molar-refractivity contribution in [3.8, 4) is 0 Å². The molecule has 3 aromatic rings. The maximum absolute atomic E-state index is 5.98. The van der Waals surface area contributed by atoms with Crippen LogP contribution < -0.4 is 5.32 Å². The van der Waals surface area contributed by atoms with E-state index < -0.39 is 0 Å². The highest BCUT2D eigenvalue weighted by molar-refractivity contribution is 6.33. The van der Waals surface area contributed by atoms with Gasteiger partial charge < -0.3 is 5.32 Å². The molecule has 5 nitrogen and oxygen atoms in total. The molecular formula is C11H7Cl2N5. The third kappa shape index (κ3) is 2.10. The molecule has 0 aliphatic carbocycles. The number of aromatic nitrogens is 4. The summed E-state index contributed by atoms with van der Waals surface area (Å²) >= 11 is 11.7. The normalized spacial score (nSPS) is 10.8. The molecule has 2 N–H and O–H groups in total. The lowest BCUT2D eigenvalue weighted by atomic mass is 10.2. The van der Waals surface area contributed by atoms with Crippen molar-refractivity contribution in [2.24, 2.45) is 0 Å². The lowest BCUT2D eigenvalue weighted by Gasteiger charge is -2.07. The minimum Gasteiger partial charge on any atom is -0.339 e. The fraction of sp³-hybridized carbons (Fsp3) is 0. The maximum atomic E-state index is 5.98. The molecule has 1 aromatic carbocycles. The van der Waals surface area contributed by atoms with Crippen LogP contribution in [0.5, 0.6) is 0 Å². The second-order valence-electron chi connectivity index (χ2n) is 3.63. The smallest absolute Gasteiger partial charge is 0.224 e.